The molecule has 1 aromatic carbocycles. The molecular weight excluding hydrogens is 222 g/mol. The van der Waals surface area contributed by atoms with Crippen LogP contribution in [0.2, 0.25) is 0 Å². The van der Waals surface area contributed by atoms with Gasteiger partial charge >= 0.3 is 5.97 Å². The normalized spacial score (nSPS) is 11.9. The Bertz CT molecular complexity index is 370. The number of benzene rings is 1. The van der Waals surface area contributed by atoms with E-state index in [0.29, 0.717) is 11.5 Å². The molecule has 1 aromatic rings. The highest BCUT2D eigenvalue weighted by Gasteiger charge is 2.16. The average Bonchev–Trinajstić information content (AvgIpc) is 2.34. The first-order chi connectivity index (χ1) is 8.10. The Hall–Kier alpha value is -1.75. The van der Waals surface area contributed by atoms with Gasteiger partial charge in [-0.25, -0.2) is 0 Å². The van der Waals surface area contributed by atoms with Gasteiger partial charge in [-0.3, -0.25) is 4.79 Å². The first-order valence-corrected chi connectivity index (χ1v) is 5.25. The Labute approximate surface area is 100 Å². The summed E-state index contributed by atoms with van der Waals surface area (Å²) in [6, 6.07) is 5.30. The van der Waals surface area contributed by atoms with Crippen LogP contribution in [-0.2, 0) is 4.79 Å². The molecule has 3 N–H and O–H groups in total. The predicted octanol–water partition coefficient (Wildman–Crippen LogP) is 1.22. The van der Waals surface area contributed by atoms with E-state index in [1.807, 2.05) is 0 Å². The summed E-state index contributed by atoms with van der Waals surface area (Å²) in [5.74, 6) is 0.144. The molecule has 5 heteroatoms. The molecule has 0 saturated heterocycles. The molecule has 0 aliphatic rings. The summed E-state index contributed by atoms with van der Waals surface area (Å²) in [6.45, 7) is 0.266. The molecule has 17 heavy (non-hydrogen) atoms. The molecule has 0 unspecified atom stereocenters. The monoisotopic (exact) mass is 239 g/mol. The second kappa shape index (κ2) is 6.10. The summed E-state index contributed by atoms with van der Waals surface area (Å²) >= 11 is 0. The van der Waals surface area contributed by atoms with Crippen molar-refractivity contribution in [2.45, 2.75) is 12.3 Å². The third-order valence-electron chi connectivity index (χ3n) is 2.55. The van der Waals surface area contributed by atoms with Crippen molar-refractivity contribution in [2.75, 3.05) is 20.8 Å². The van der Waals surface area contributed by atoms with Crippen LogP contribution in [0.4, 0.5) is 0 Å². The van der Waals surface area contributed by atoms with E-state index in [1.165, 1.54) is 0 Å². The van der Waals surface area contributed by atoms with E-state index < -0.39 is 5.97 Å². The van der Waals surface area contributed by atoms with Crippen LogP contribution in [0.3, 0.4) is 0 Å². The summed E-state index contributed by atoms with van der Waals surface area (Å²) < 4.78 is 10.3. The number of carboxylic acid groups (broad SMARTS) is 1. The van der Waals surface area contributed by atoms with Crippen molar-refractivity contribution in [1.29, 1.82) is 0 Å². The van der Waals surface area contributed by atoms with Crippen LogP contribution in [0.5, 0.6) is 11.5 Å². The fraction of sp³-hybridized carbons (Fsp3) is 0.417. The maximum atomic E-state index is 10.7. The third-order valence-corrected chi connectivity index (χ3v) is 2.55. The molecule has 1 rings (SSSR count). The van der Waals surface area contributed by atoms with Gasteiger partial charge < -0.3 is 20.3 Å². The minimum atomic E-state index is -0.873. The zero-order valence-electron chi connectivity index (χ0n) is 9.97. The Morgan fingerprint density at radius 3 is 2.18 bits per heavy atom. The Morgan fingerprint density at radius 2 is 1.82 bits per heavy atom. The molecule has 0 aliphatic heterocycles. The van der Waals surface area contributed by atoms with Crippen LogP contribution in [0.1, 0.15) is 17.9 Å². The Morgan fingerprint density at radius 1 is 1.29 bits per heavy atom. The van der Waals surface area contributed by atoms with Gasteiger partial charge in [0.2, 0.25) is 0 Å². The first kappa shape index (κ1) is 13.3. The predicted molar refractivity (Wildman–Crippen MR) is 63.6 cm³/mol. The van der Waals surface area contributed by atoms with Crippen LogP contribution in [-0.4, -0.2) is 31.8 Å². The Kier molecular flexibility index (Phi) is 4.78. The SMILES string of the molecule is COc1cc(OC)cc([C@@H](CN)CC(=O)O)c1. The zero-order chi connectivity index (χ0) is 12.8. The molecule has 0 radical (unpaired) electrons. The molecule has 0 bridgehead atoms. The van der Waals surface area contributed by atoms with Gasteiger partial charge in [0.1, 0.15) is 11.5 Å². The van der Waals surface area contributed by atoms with Gasteiger partial charge in [0.25, 0.3) is 0 Å². The fourth-order valence-corrected chi connectivity index (χ4v) is 1.61. The molecule has 0 aliphatic carbocycles. The second-order valence-corrected chi connectivity index (χ2v) is 3.68. The number of aliphatic carboxylic acids is 1. The number of carbonyl (C=O) groups is 1. The van der Waals surface area contributed by atoms with E-state index in [2.05, 4.69) is 0 Å². The van der Waals surface area contributed by atoms with Crippen LogP contribution < -0.4 is 15.2 Å². The highest BCUT2D eigenvalue weighted by molar-refractivity contribution is 5.68. The highest BCUT2D eigenvalue weighted by atomic mass is 16.5. The topological polar surface area (TPSA) is 81.8 Å². The number of methoxy groups -OCH3 is 2. The van der Waals surface area contributed by atoms with Crippen molar-refractivity contribution < 1.29 is 19.4 Å². The standard InChI is InChI=1S/C12H17NO4/c1-16-10-3-8(4-11(6-10)17-2)9(7-13)5-12(14)15/h3-4,6,9H,5,7,13H2,1-2H3,(H,14,15)/t9-/m1/s1. The van der Waals surface area contributed by atoms with Gasteiger partial charge in [-0.05, 0) is 24.2 Å². The average molecular weight is 239 g/mol. The number of rotatable bonds is 6. The Balaban J connectivity index is 3.04. The van der Waals surface area contributed by atoms with Crippen LogP contribution in [0.25, 0.3) is 0 Å². The summed E-state index contributed by atoms with van der Waals surface area (Å²) in [4.78, 5) is 10.7. The van der Waals surface area contributed by atoms with E-state index >= 15 is 0 Å². The van der Waals surface area contributed by atoms with Crippen molar-refractivity contribution in [1.82, 2.24) is 0 Å². The maximum absolute atomic E-state index is 10.7. The molecule has 0 amide bonds. The number of hydrogen-bond acceptors (Lipinski definition) is 4. The van der Waals surface area contributed by atoms with E-state index in [9.17, 15) is 4.79 Å². The molecule has 5 nitrogen and oxygen atoms in total. The quantitative estimate of drug-likeness (QED) is 0.780. The minimum Gasteiger partial charge on any atom is -0.497 e. The number of hydrogen-bond donors (Lipinski definition) is 2. The lowest BCUT2D eigenvalue weighted by molar-refractivity contribution is -0.137. The smallest absolute Gasteiger partial charge is 0.304 e. The molecule has 0 spiro atoms. The molecule has 0 aromatic heterocycles. The lowest BCUT2D eigenvalue weighted by atomic mass is 9.95. The lowest BCUT2D eigenvalue weighted by Gasteiger charge is -2.15. The summed E-state index contributed by atoms with van der Waals surface area (Å²) in [5, 5.41) is 8.81. The van der Waals surface area contributed by atoms with Crippen molar-refractivity contribution in [3.8, 4) is 11.5 Å². The van der Waals surface area contributed by atoms with Gasteiger partial charge in [-0.2, -0.15) is 0 Å². The number of ether oxygens (including phenoxy) is 2. The van der Waals surface area contributed by atoms with Crippen LogP contribution in [0.15, 0.2) is 18.2 Å². The summed E-state index contributed by atoms with van der Waals surface area (Å²) in [7, 11) is 3.10. The number of nitrogens with two attached hydrogens (primary N) is 1. The van der Waals surface area contributed by atoms with Gasteiger partial charge in [-0.1, -0.05) is 0 Å². The van der Waals surface area contributed by atoms with E-state index in [0.717, 1.165) is 5.56 Å². The largest absolute Gasteiger partial charge is 0.497 e. The maximum Gasteiger partial charge on any atom is 0.304 e. The first-order valence-electron chi connectivity index (χ1n) is 5.25. The molecular formula is C12H17NO4. The summed E-state index contributed by atoms with van der Waals surface area (Å²) in [5.41, 5.74) is 6.40. The second-order valence-electron chi connectivity index (χ2n) is 3.68. The highest BCUT2D eigenvalue weighted by Crippen LogP contribution is 2.28. The van der Waals surface area contributed by atoms with Gasteiger partial charge in [-0.15, -0.1) is 0 Å². The molecule has 94 valence electrons. The molecule has 0 fully saturated rings. The van der Waals surface area contributed by atoms with Crippen LogP contribution >= 0.6 is 0 Å². The van der Waals surface area contributed by atoms with Gasteiger partial charge in [0.15, 0.2) is 0 Å². The van der Waals surface area contributed by atoms with E-state index in [1.54, 1.807) is 32.4 Å². The molecule has 0 heterocycles. The van der Waals surface area contributed by atoms with Crippen molar-refractivity contribution in [2.24, 2.45) is 5.73 Å². The third kappa shape index (κ3) is 3.64. The van der Waals surface area contributed by atoms with E-state index in [4.69, 9.17) is 20.3 Å². The van der Waals surface area contributed by atoms with Crippen molar-refractivity contribution >= 4 is 5.97 Å². The van der Waals surface area contributed by atoms with E-state index in [-0.39, 0.29) is 18.9 Å². The number of carboxylic acids is 1. The minimum absolute atomic E-state index is 0.00712. The summed E-state index contributed by atoms with van der Waals surface area (Å²) in [6.07, 6.45) is -0.00712. The zero-order valence-corrected chi connectivity index (χ0v) is 9.97. The van der Waals surface area contributed by atoms with Gasteiger partial charge in [0.05, 0.1) is 20.6 Å². The van der Waals surface area contributed by atoms with Crippen molar-refractivity contribution in [3.05, 3.63) is 23.8 Å². The molecule has 0 saturated carbocycles. The van der Waals surface area contributed by atoms with Crippen molar-refractivity contribution in [3.63, 3.8) is 0 Å². The van der Waals surface area contributed by atoms with Gasteiger partial charge in [0, 0.05) is 12.0 Å². The lowest BCUT2D eigenvalue weighted by Crippen LogP contribution is -2.16. The molecule has 1 atom stereocenters. The van der Waals surface area contributed by atoms with Crippen LogP contribution in [0, 0.1) is 0 Å². The fourth-order valence-electron chi connectivity index (χ4n) is 1.61.